The molecule has 0 bridgehead atoms. The van der Waals surface area contributed by atoms with E-state index in [-0.39, 0.29) is 29.3 Å². The molecule has 2 amide bonds. The minimum absolute atomic E-state index is 0.0383. The highest BCUT2D eigenvalue weighted by molar-refractivity contribution is 5.95. The van der Waals surface area contributed by atoms with Gasteiger partial charge in [0.05, 0.1) is 23.8 Å². The third-order valence-corrected chi connectivity index (χ3v) is 5.40. The van der Waals surface area contributed by atoms with Crippen LogP contribution in [-0.2, 0) is 21.3 Å². The monoisotopic (exact) mass is 472 g/mol. The van der Waals surface area contributed by atoms with Crippen molar-refractivity contribution in [2.75, 3.05) is 17.7 Å². The molecule has 4 rings (SSSR count). The number of anilines is 2. The highest BCUT2D eigenvalue weighted by Gasteiger charge is 2.43. The molecule has 2 aromatic heterocycles. The van der Waals surface area contributed by atoms with Crippen molar-refractivity contribution in [2.45, 2.75) is 25.6 Å². The molecule has 1 aromatic carbocycles. The van der Waals surface area contributed by atoms with Crippen LogP contribution >= 0.6 is 0 Å². The lowest BCUT2D eigenvalue weighted by Crippen LogP contribution is -2.19. The number of aryl methyl sites for hydroxylation is 1. The third kappa shape index (κ3) is 5.01. The van der Waals surface area contributed by atoms with E-state index < -0.39 is 24.0 Å². The highest BCUT2D eigenvalue weighted by Crippen LogP contribution is 2.34. The molecule has 34 heavy (non-hydrogen) atoms. The van der Waals surface area contributed by atoms with E-state index in [0.717, 1.165) is 12.3 Å². The van der Waals surface area contributed by atoms with Gasteiger partial charge in [-0.2, -0.15) is 4.39 Å². The molecule has 178 valence electrons. The molecule has 0 radical (unpaired) electrons. The molecule has 0 unspecified atom stereocenters. The molecule has 1 aliphatic rings. The maximum atomic E-state index is 13.8. The van der Waals surface area contributed by atoms with Crippen molar-refractivity contribution in [1.82, 2.24) is 20.0 Å². The van der Waals surface area contributed by atoms with Crippen LogP contribution in [0, 0.1) is 17.7 Å². The summed E-state index contributed by atoms with van der Waals surface area (Å²) in [6, 6.07) is 7.75. The first-order valence-electron chi connectivity index (χ1n) is 10.4. The maximum absolute atomic E-state index is 13.8. The smallest absolute Gasteiger partial charge is 0.413 e. The van der Waals surface area contributed by atoms with Crippen molar-refractivity contribution in [1.29, 1.82) is 0 Å². The Morgan fingerprint density at radius 2 is 1.94 bits per heavy atom. The average Bonchev–Trinajstić information content (AvgIpc) is 3.53. The number of ether oxygens (including phenoxy) is 2. The number of nitrogens with zero attached hydrogens (tertiary/aromatic N) is 4. The number of hydrogen-bond donors (Lipinski definition) is 2. The lowest BCUT2D eigenvalue weighted by molar-refractivity contribution is -0.118. The van der Waals surface area contributed by atoms with Crippen LogP contribution in [0.4, 0.5) is 25.1 Å². The second kappa shape index (κ2) is 9.51. The summed E-state index contributed by atoms with van der Waals surface area (Å²) in [4.78, 5) is 27.9. The summed E-state index contributed by atoms with van der Waals surface area (Å²) in [5.74, 6) is -1.71. The average molecular weight is 472 g/mol. The minimum atomic E-state index is -1.10. The van der Waals surface area contributed by atoms with Crippen LogP contribution in [-0.4, -0.2) is 45.2 Å². The van der Waals surface area contributed by atoms with Crippen LogP contribution in [0.5, 0.6) is 0 Å². The molecule has 0 spiro atoms. The molecule has 2 heterocycles. The fourth-order valence-corrected chi connectivity index (χ4v) is 3.42. The fraction of sp³-hybridized carbons (Fsp3) is 0.318. The van der Waals surface area contributed by atoms with E-state index in [1.54, 1.807) is 38.4 Å². The number of methoxy groups -OCH3 is 1. The van der Waals surface area contributed by atoms with Crippen LogP contribution in [0.25, 0.3) is 11.3 Å². The van der Waals surface area contributed by atoms with E-state index in [9.17, 15) is 18.4 Å². The molecule has 1 fully saturated rings. The Labute approximate surface area is 193 Å². The topological polar surface area (TPSA) is 120 Å². The first-order valence-corrected chi connectivity index (χ1v) is 10.4. The van der Waals surface area contributed by atoms with Gasteiger partial charge in [-0.25, -0.2) is 18.9 Å². The van der Waals surface area contributed by atoms with Crippen LogP contribution in [0.1, 0.15) is 25.0 Å². The summed E-state index contributed by atoms with van der Waals surface area (Å²) < 4.78 is 38.9. The van der Waals surface area contributed by atoms with E-state index in [4.69, 9.17) is 9.47 Å². The molecule has 12 heteroatoms. The zero-order valence-corrected chi connectivity index (χ0v) is 18.6. The van der Waals surface area contributed by atoms with Crippen molar-refractivity contribution in [3.63, 3.8) is 0 Å². The van der Waals surface area contributed by atoms with E-state index >= 15 is 0 Å². The Hall–Kier alpha value is -3.93. The Bertz CT molecular complexity index is 1220. The first kappa shape index (κ1) is 23.2. The van der Waals surface area contributed by atoms with Crippen LogP contribution < -0.4 is 10.6 Å². The van der Waals surface area contributed by atoms with E-state index in [1.165, 1.54) is 11.6 Å². The molecule has 2 N–H and O–H groups in total. The summed E-state index contributed by atoms with van der Waals surface area (Å²) in [6.45, 7) is 1.39. The number of carbonyl (C=O) groups excluding carboxylic acids is 2. The van der Waals surface area contributed by atoms with Gasteiger partial charge in [0.25, 0.3) is 0 Å². The molecule has 3 atom stereocenters. The molecular weight excluding hydrogens is 450 g/mol. The predicted molar refractivity (Wildman–Crippen MR) is 117 cm³/mol. The van der Waals surface area contributed by atoms with Crippen LogP contribution in [0.15, 0.2) is 36.5 Å². The van der Waals surface area contributed by atoms with Gasteiger partial charge in [0.1, 0.15) is 17.6 Å². The summed E-state index contributed by atoms with van der Waals surface area (Å²) in [6.07, 6.45) is -0.614. The van der Waals surface area contributed by atoms with E-state index in [2.05, 4.69) is 25.9 Å². The van der Waals surface area contributed by atoms with Crippen molar-refractivity contribution in [2.24, 2.45) is 13.0 Å². The summed E-state index contributed by atoms with van der Waals surface area (Å²) in [5.41, 5.74) is 1.38. The summed E-state index contributed by atoms with van der Waals surface area (Å²) in [5, 5.41) is 13.4. The van der Waals surface area contributed by atoms with Gasteiger partial charge in [-0.3, -0.25) is 10.1 Å². The van der Waals surface area contributed by atoms with Crippen molar-refractivity contribution < 1.29 is 27.8 Å². The van der Waals surface area contributed by atoms with Crippen molar-refractivity contribution in [3.05, 3.63) is 53.9 Å². The number of amides is 2. The number of halogens is 2. The van der Waals surface area contributed by atoms with Gasteiger partial charge in [0.15, 0.2) is 5.82 Å². The molecule has 1 aliphatic carbocycles. The summed E-state index contributed by atoms with van der Waals surface area (Å²) in [7, 11) is 3.15. The standard InChI is InChI=1S/C22H22F2N6O4/c1-11(15-8-13(23)10-25-19(15)24)34-22(32)27-20-18(28-29-30(20)2)12-4-6-14(7-5-12)26-21(31)16-9-17(16)33-3/h4-8,10-11,16-17H,9H2,1-3H3,(H,26,31)(H,27,32)/t11-,16-,17-/m1/s1. The van der Waals surface area contributed by atoms with Crippen LogP contribution in [0.2, 0.25) is 0 Å². The second-order valence-corrected chi connectivity index (χ2v) is 7.80. The number of nitrogens with one attached hydrogen (secondary N) is 2. The van der Waals surface area contributed by atoms with Gasteiger partial charge in [-0.1, -0.05) is 17.3 Å². The van der Waals surface area contributed by atoms with Crippen molar-refractivity contribution in [3.8, 4) is 11.3 Å². The zero-order chi connectivity index (χ0) is 24.4. The van der Waals surface area contributed by atoms with Crippen LogP contribution in [0.3, 0.4) is 0 Å². The minimum Gasteiger partial charge on any atom is -0.441 e. The molecule has 3 aromatic rings. The molecular formula is C22H22F2N6O4. The second-order valence-electron chi connectivity index (χ2n) is 7.80. The third-order valence-electron chi connectivity index (χ3n) is 5.40. The van der Waals surface area contributed by atoms with Gasteiger partial charge in [0, 0.05) is 25.4 Å². The number of carbonyl (C=O) groups is 2. The highest BCUT2D eigenvalue weighted by atomic mass is 19.1. The van der Waals surface area contributed by atoms with Gasteiger partial charge in [-0.05, 0) is 31.5 Å². The number of hydrogen-bond acceptors (Lipinski definition) is 7. The Balaban J connectivity index is 1.43. The number of aromatic nitrogens is 4. The number of pyridine rings is 1. The van der Waals surface area contributed by atoms with Crippen molar-refractivity contribution >= 4 is 23.5 Å². The lowest BCUT2D eigenvalue weighted by atomic mass is 10.1. The quantitative estimate of drug-likeness (QED) is 0.506. The molecule has 1 saturated carbocycles. The summed E-state index contributed by atoms with van der Waals surface area (Å²) >= 11 is 0. The van der Waals surface area contributed by atoms with E-state index in [1.807, 2.05) is 0 Å². The molecule has 0 saturated heterocycles. The lowest BCUT2D eigenvalue weighted by Gasteiger charge is -2.15. The number of rotatable bonds is 7. The molecule has 10 nitrogen and oxygen atoms in total. The maximum Gasteiger partial charge on any atom is 0.413 e. The molecule has 0 aliphatic heterocycles. The SMILES string of the molecule is CO[C@@H]1C[C@H]1C(=O)Nc1ccc(-c2nnn(C)c2NC(=O)O[C@H](C)c2cc(F)cnc2F)cc1. The normalized spacial score (nSPS) is 17.7. The zero-order valence-electron chi connectivity index (χ0n) is 18.6. The number of benzene rings is 1. The van der Waals surface area contributed by atoms with Gasteiger partial charge in [-0.15, -0.1) is 5.10 Å². The largest absolute Gasteiger partial charge is 0.441 e. The van der Waals surface area contributed by atoms with Gasteiger partial charge >= 0.3 is 6.09 Å². The van der Waals surface area contributed by atoms with E-state index in [0.29, 0.717) is 23.4 Å². The predicted octanol–water partition coefficient (Wildman–Crippen LogP) is 3.44. The Morgan fingerprint density at radius 1 is 1.21 bits per heavy atom. The first-order chi connectivity index (χ1) is 16.3. The Kier molecular flexibility index (Phi) is 6.50. The van der Waals surface area contributed by atoms with Gasteiger partial charge < -0.3 is 14.8 Å². The van der Waals surface area contributed by atoms with Gasteiger partial charge in [0.2, 0.25) is 11.9 Å². The Morgan fingerprint density at radius 3 is 2.62 bits per heavy atom. The fourth-order valence-electron chi connectivity index (χ4n) is 3.42.